The smallest absolute Gasteiger partial charge is 0.341 e. The average molecular weight is 232 g/mol. The fourth-order valence-corrected chi connectivity index (χ4v) is 1.08. The molecule has 3 nitrogen and oxygen atoms in total. The molecule has 0 aliphatic heterocycles. The van der Waals surface area contributed by atoms with Crippen LogP contribution >= 0.6 is 11.6 Å². The molecule has 0 radical (unpaired) electrons. The van der Waals surface area contributed by atoms with Crippen molar-refractivity contribution in [2.24, 2.45) is 0 Å². The van der Waals surface area contributed by atoms with Crippen LogP contribution < -0.4 is 0 Å². The van der Waals surface area contributed by atoms with Crippen molar-refractivity contribution in [3.63, 3.8) is 0 Å². The fraction of sp³-hybridized carbons (Fsp3) is 0.400. The molecule has 82 valence electrons. The third-order valence-electron chi connectivity index (χ3n) is 1.91. The number of carbonyl (C=O) groups excluding carboxylic acids is 1. The van der Waals surface area contributed by atoms with Crippen molar-refractivity contribution < 1.29 is 13.9 Å². The Morgan fingerprint density at radius 2 is 2.40 bits per heavy atom. The Balaban J connectivity index is 2.86. The number of ether oxygens (including phenoxy) is 1. The molecule has 5 heteroatoms. The molecule has 0 amide bonds. The van der Waals surface area contributed by atoms with E-state index in [1.807, 2.05) is 6.92 Å². The van der Waals surface area contributed by atoms with Gasteiger partial charge in [-0.05, 0) is 19.4 Å². The lowest BCUT2D eigenvalue weighted by molar-refractivity contribution is 0.0333. The molecule has 1 aromatic rings. The maximum Gasteiger partial charge on any atom is 0.341 e. The number of aromatic nitrogens is 1. The Kier molecular flexibility index (Phi) is 4.03. The van der Waals surface area contributed by atoms with Gasteiger partial charge in [0.05, 0.1) is 17.9 Å². The predicted octanol–water partition coefficient (Wildman–Crippen LogP) is 2.83. The van der Waals surface area contributed by atoms with Gasteiger partial charge in [-0.1, -0.05) is 18.5 Å². The van der Waals surface area contributed by atoms with Crippen LogP contribution in [0.1, 0.15) is 30.6 Å². The van der Waals surface area contributed by atoms with Gasteiger partial charge in [-0.3, -0.25) is 0 Å². The Hall–Kier alpha value is -1.16. The molecule has 1 atom stereocenters. The maximum atomic E-state index is 12.8. The van der Waals surface area contributed by atoms with Gasteiger partial charge in [0.2, 0.25) is 0 Å². The van der Waals surface area contributed by atoms with Gasteiger partial charge in [-0.25, -0.2) is 14.2 Å². The minimum absolute atomic E-state index is 0.0445. The summed E-state index contributed by atoms with van der Waals surface area (Å²) in [5.41, 5.74) is -0.0445. The second-order valence-electron chi connectivity index (χ2n) is 3.12. The van der Waals surface area contributed by atoms with Crippen LogP contribution in [0.5, 0.6) is 0 Å². The molecular formula is C10H11ClFNO2. The van der Waals surface area contributed by atoms with E-state index in [0.29, 0.717) is 6.42 Å². The molecule has 15 heavy (non-hydrogen) atoms. The molecule has 1 unspecified atom stereocenters. The number of hydrogen-bond acceptors (Lipinski definition) is 3. The molecule has 0 bridgehead atoms. The van der Waals surface area contributed by atoms with E-state index in [0.717, 1.165) is 12.3 Å². The topological polar surface area (TPSA) is 39.2 Å². The first kappa shape index (κ1) is 11.9. The van der Waals surface area contributed by atoms with E-state index in [4.69, 9.17) is 16.3 Å². The number of halogens is 2. The highest BCUT2D eigenvalue weighted by Crippen LogP contribution is 2.16. The summed E-state index contributed by atoms with van der Waals surface area (Å²) in [6.45, 7) is 3.63. The summed E-state index contributed by atoms with van der Waals surface area (Å²) in [4.78, 5) is 15.0. The maximum absolute atomic E-state index is 12.8. The van der Waals surface area contributed by atoms with Gasteiger partial charge in [0, 0.05) is 0 Å². The summed E-state index contributed by atoms with van der Waals surface area (Å²) in [5, 5.41) is -0.0512. The predicted molar refractivity (Wildman–Crippen MR) is 54.4 cm³/mol. The van der Waals surface area contributed by atoms with Gasteiger partial charge < -0.3 is 4.74 Å². The first-order valence-electron chi connectivity index (χ1n) is 4.56. The Morgan fingerprint density at radius 3 is 3.00 bits per heavy atom. The van der Waals surface area contributed by atoms with E-state index in [-0.39, 0.29) is 16.8 Å². The summed E-state index contributed by atoms with van der Waals surface area (Å²) >= 11 is 5.64. The van der Waals surface area contributed by atoms with Crippen LogP contribution in [0.2, 0.25) is 5.15 Å². The Labute approximate surface area is 92.2 Å². The van der Waals surface area contributed by atoms with Crippen LogP contribution in [-0.4, -0.2) is 17.1 Å². The standard InChI is InChI=1S/C10H11ClFNO2/c1-3-6(2)15-10(14)8-4-7(12)5-13-9(8)11/h4-6H,3H2,1-2H3. The highest BCUT2D eigenvalue weighted by Gasteiger charge is 2.16. The third kappa shape index (κ3) is 3.16. The van der Waals surface area contributed by atoms with Gasteiger partial charge in [0.1, 0.15) is 11.0 Å². The summed E-state index contributed by atoms with van der Waals surface area (Å²) in [5.74, 6) is -1.27. The number of carbonyl (C=O) groups is 1. The van der Waals surface area contributed by atoms with Gasteiger partial charge in [-0.15, -0.1) is 0 Å². The zero-order valence-corrected chi connectivity index (χ0v) is 9.21. The van der Waals surface area contributed by atoms with Gasteiger partial charge in [0.15, 0.2) is 0 Å². The van der Waals surface area contributed by atoms with E-state index in [1.54, 1.807) is 6.92 Å². The lowest BCUT2D eigenvalue weighted by atomic mass is 10.2. The highest BCUT2D eigenvalue weighted by atomic mass is 35.5. The normalized spacial score (nSPS) is 12.3. The third-order valence-corrected chi connectivity index (χ3v) is 2.21. The van der Waals surface area contributed by atoms with Crippen LogP contribution in [0, 0.1) is 5.82 Å². The van der Waals surface area contributed by atoms with Crippen molar-refractivity contribution >= 4 is 17.6 Å². The molecule has 0 saturated carbocycles. The monoisotopic (exact) mass is 231 g/mol. The van der Waals surface area contributed by atoms with E-state index >= 15 is 0 Å². The summed E-state index contributed by atoms with van der Waals surface area (Å²) in [7, 11) is 0. The minimum Gasteiger partial charge on any atom is -0.459 e. The molecule has 1 aromatic heterocycles. The number of rotatable bonds is 3. The van der Waals surface area contributed by atoms with E-state index in [9.17, 15) is 9.18 Å². The van der Waals surface area contributed by atoms with Crippen LogP contribution in [0.15, 0.2) is 12.3 Å². The van der Waals surface area contributed by atoms with Crippen molar-refractivity contribution in [2.75, 3.05) is 0 Å². The van der Waals surface area contributed by atoms with Crippen molar-refractivity contribution in [2.45, 2.75) is 26.4 Å². The molecule has 0 aromatic carbocycles. The van der Waals surface area contributed by atoms with E-state index in [1.165, 1.54) is 0 Å². The molecule has 0 N–H and O–H groups in total. The van der Waals surface area contributed by atoms with Crippen LogP contribution in [0.3, 0.4) is 0 Å². The van der Waals surface area contributed by atoms with Crippen molar-refractivity contribution in [3.8, 4) is 0 Å². The van der Waals surface area contributed by atoms with Crippen molar-refractivity contribution in [1.29, 1.82) is 0 Å². The largest absolute Gasteiger partial charge is 0.459 e. The molecule has 0 aliphatic carbocycles. The summed E-state index contributed by atoms with van der Waals surface area (Å²) in [6, 6.07) is 1.01. The minimum atomic E-state index is -0.652. The number of nitrogens with zero attached hydrogens (tertiary/aromatic N) is 1. The second kappa shape index (κ2) is 5.07. The zero-order valence-electron chi connectivity index (χ0n) is 8.46. The van der Waals surface area contributed by atoms with Gasteiger partial charge >= 0.3 is 5.97 Å². The highest BCUT2D eigenvalue weighted by molar-refractivity contribution is 6.32. The van der Waals surface area contributed by atoms with Gasteiger partial charge in [-0.2, -0.15) is 0 Å². The molecule has 0 aliphatic rings. The van der Waals surface area contributed by atoms with E-state index in [2.05, 4.69) is 4.98 Å². The van der Waals surface area contributed by atoms with E-state index < -0.39 is 11.8 Å². The summed E-state index contributed by atoms with van der Waals surface area (Å²) in [6.07, 6.45) is 1.41. The lowest BCUT2D eigenvalue weighted by Crippen LogP contribution is -2.15. The Morgan fingerprint density at radius 1 is 1.73 bits per heavy atom. The molecular weight excluding hydrogens is 221 g/mol. The number of hydrogen-bond donors (Lipinski definition) is 0. The molecule has 1 heterocycles. The number of pyridine rings is 1. The average Bonchev–Trinajstić information content (AvgIpc) is 2.21. The van der Waals surface area contributed by atoms with Crippen LogP contribution in [-0.2, 0) is 4.74 Å². The van der Waals surface area contributed by atoms with Gasteiger partial charge in [0.25, 0.3) is 0 Å². The fourth-order valence-electron chi connectivity index (χ4n) is 0.895. The quantitative estimate of drug-likeness (QED) is 0.593. The van der Waals surface area contributed by atoms with Crippen LogP contribution in [0.4, 0.5) is 4.39 Å². The molecule has 0 saturated heterocycles. The lowest BCUT2D eigenvalue weighted by Gasteiger charge is -2.10. The molecule has 0 spiro atoms. The summed E-state index contributed by atoms with van der Waals surface area (Å²) < 4.78 is 17.8. The second-order valence-corrected chi connectivity index (χ2v) is 3.47. The Bertz CT molecular complexity index is 370. The van der Waals surface area contributed by atoms with Crippen molar-refractivity contribution in [3.05, 3.63) is 28.8 Å². The first-order valence-corrected chi connectivity index (χ1v) is 4.94. The zero-order chi connectivity index (χ0) is 11.4. The number of esters is 1. The molecule has 0 fully saturated rings. The van der Waals surface area contributed by atoms with Crippen molar-refractivity contribution in [1.82, 2.24) is 4.98 Å². The molecule has 1 rings (SSSR count). The van der Waals surface area contributed by atoms with Crippen LogP contribution in [0.25, 0.3) is 0 Å². The first-order chi connectivity index (χ1) is 7.04. The SMILES string of the molecule is CCC(C)OC(=O)c1cc(F)cnc1Cl.